The molecule has 0 saturated carbocycles. The fraction of sp³-hybridized carbons (Fsp3) is 0.483. The highest BCUT2D eigenvalue weighted by Gasteiger charge is 2.49. The number of carbonyl (C=O) groups is 1. The van der Waals surface area contributed by atoms with Crippen molar-refractivity contribution >= 4 is 22.6 Å². The number of nitrogens with zero attached hydrogens (tertiary/aromatic N) is 6. The van der Waals surface area contributed by atoms with Crippen LogP contribution >= 0.6 is 0 Å². The van der Waals surface area contributed by atoms with E-state index in [0.29, 0.717) is 49.2 Å². The number of anilines is 1. The van der Waals surface area contributed by atoms with Gasteiger partial charge in [0.1, 0.15) is 18.2 Å². The maximum absolute atomic E-state index is 12.1. The molecule has 0 aliphatic carbocycles. The summed E-state index contributed by atoms with van der Waals surface area (Å²) in [7, 11) is 0. The number of aryl methyl sites for hydroxylation is 1. The monoisotopic (exact) mass is 527 g/mol. The predicted molar refractivity (Wildman–Crippen MR) is 146 cm³/mol. The molecule has 5 heterocycles. The van der Waals surface area contributed by atoms with Gasteiger partial charge in [-0.2, -0.15) is 20.3 Å². The van der Waals surface area contributed by atoms with E-state index < -0.39 is 0 Å². The molecule has 10 nitrogen and oxygen atoms in total. The van der Waals surface area contributed by atoms with Gasteiger partial charge in [-0.05, 0) is 49.8 Å². The Hall–Kier alpha value is -3.97. The lowest BCUT2D eigenvalue weighted by Crippen LogP contribution is -2.59. The lowest BCUT2D eigenvalue weighted by atomic mass is 9.79. The summed E-state index contributed by atoms with van der Waals surface area (Å²) >= 11 is 0. The number of carbonyl (C=O) groups excluding carboxylic acids is 1. The van der Waals surface area contributed by atoms with Gasteiger partial charge in [-0.1, -0.05) is 19.6 Å². The summed E-state index contributed by atoms with van der Waals surface area (Å²) in [6.45, 7) is 11.7. The Morgan fingerprint density at radius 3 is 2.97 bits per heavy atom. The molecule has 0 radical (unpaired) electrons. The molecular formula is C29H33N7O3. The number of likely N-dealkylation sites (tertiary alicyclic amines) is 1. The molecule has 3 saturated heterocycles. The Morgan fingerprint density at radius 2 is 2.21 bits per heavy atom. The van der Waals surface area contributed by atoms with E-state index in [0.717, 1.165) is 54.4 Å². The highest BCUT2D eigenvalue weighted by Crippen LogP contribution is 2.43. The molecule has 3 aromatic rings. The Morgan fingerprint density at radius 1 is 1.36 bits per heavy atom. The molecule has 6 rings (SSSR count). The van der Waals surface area contributed by atoms with Gasteiger partial charge in [0.05, 0.1) is 23.5 Å². The number of H-pyrrole nitrogens is 1. The van der Waals surface area contributed by atoms with E-state index >= 15 is 0 Å². The molecule has 0 bridgehead atoms. The summed E-state index contributed by atoms with van der Waals surface area (Å²) in [6.07, 6.45) is 6.01. The van der Waals surface area contributed by atoms with Crippen molar-refractivity contribution in [3.8, 4) is 23.3 Å². The fourth-order valence-electron chi connectivity index (χ4n) is 6.22. The number of aromatic nitrogens is 4. The highest BCUT2D eigenvalue weighted by atomic mass is 16.5. The van der Waals surface area contributed by atoms with Gasteiger partial charge < -0.3 is 19.3 Å². The van der Waals surface area contributed by atoms with Crippen LogP contribution in [0.3, 0.4) is 0 Å². The highest BCUT2D eigenvalue weighted by molar-refractivity contribution is 5.97. The van der Waals surface area contributed by atoms with Gasteiger partial charge >= 0.3 is 6.01 Å². The van der Waals surface area contributed by atoms with Crippen LogP contribution in [0.1, 0.15) is 37.3 Å². The first-order valence-electron chi connectivity index (χ1n) is 13.6. The average Bonchev–Trinajstić information content (AvgIpc) is 3.58. The minimum Gasteiger partial charge on any atom is -0.461 e. The largest absolute Gasteiger partial charge is 0.461 e. The molecule has 2 aromatic heterocycles. The van der Waals surface area contributed by atoms with Crippen LogP contribution < -0.4 is 9.64 Å². The standard InChI is InChI=1S/C29H33N7O3/c1-4-24(37)36-16-29(17-36)8-9-35(15-29)27-21(12-30)26(25-19(3)5-6-23-22(25)13-31-34-23)32-28(33-27)39-14-20-11-18(2)7-10-38-20/h4-6,13,18,20H,1,7-11,14-17H2,2-3H3,(H,31,34)/t18?,20-/m0/s1. The van der Waals surface area contributed by atoms with E-state index in [1.165, 1.54) is 6.08 Å². The summed E-state index contributed by atoms with van der Waals surface area (Å²) in [6, 6.07) is 6.62. The van der Waals surface area contributed by atoms with E-state index in [4.69, 9.17) is 19.4 Å². The molecule has 1 amide bonds. The molecule has 1 spiro atoms. The van der Waals surface area contributed by atoms with Crippen LogP contribution in [0.2, 0.25) is 0 Å². The zero-order valence-electron chi connectivity index (χ0n) is 22.4. The molecule has 10 heteroatoms. The van der Waals surface area contributed by atoms with E-state index in [2.05, 4.69) is 34.7 Å². The first-order valence-corrected chi connectivity index (χ1v) is 13.6. The van der Waals surface area contributed by atoms with Crippen molar-refractivity contribution in [1.82, 2.24) is 25.1 Å². The van der Waals surface area contributed by atoms with Crippen LogP contribution in [0.5, 0.6) is 6.01 Å². The summed E-state index contributed by atoms with van der Waals surface area (Å²) in [5.74, 6) is 1.11. The summed E-state index contributed by atoms with van der Waals surface area (Å²) in [5.41, 5.74) is 3.64. The molecule has 39 heavy (non-hydrogen) atoms. The van der Waals surface area contributed by atoms with Crippen LogP contribution in [0.4, 0.5) is 5.82 Å². The van der Waals surface area contributed by atoms with Crippen LogP contribution in [0.25, 0.3) is 22.2 Å². The minimum absolute atomic E-state index is 0.00983. The molecule has 3 aliphatic rings. The van der Waals surface area contributed by atoms with Gasteiger partial charge in [-0.25, -0.2) is 0 Å². The second-order valence-corrected chi connectivity index (χ2v) is 11.3. The Kier molecular flexibility index (Phi) is 6.47. The number of ether oxygens (including phenoxy) is 2. The summed E-state index contributed by atoms with van der Waals surface area (Å²) < 4.78 is 12.1. The van der Waals surface area contributed by atoms with Crippen LogP contribution in [0.15, 0.2) is 31.0 Å². The Balaban J connectivity index is 1.38. The molecule has 3 aliphatic heterocycles. The van der Waals surface area contributed by atoms with Crippen molar-refractivity contribution in [2.75, 3.05) is 44.3 Å². The summed E-state index contributed by atoms with van der Waals surface area (Å²) in [5, 5.41) is 18.6. The lowest BCUT2D eigenvalue weighted by Gasteiger charge is -2.47. The molecule has 1 aromatic carbocycles. The second kappa shape index (κ2) is 9.97. The van der Waals surface area contributed by atoms with Gasteiger partial charge in [0, 0.05) is 49.2 Å². The zero-order valence-corrected chi connectivity index (χ0v) is 22.4. The zero-order chi connectivity index (χ0) is 27.1. The van der Waals surface area contributed by atoms with Gasteiger partial charge in [0.15, 0.2) is 5.82 Å². The van der Waals surface area contributed by atoms with Gasteiger partial charge in [-0.15, -0.1) is 0 Å². The first-order chi connectivity index (χ1) is 18.9. The maximum Gasteiger partial charge on any atom is 0.319 e. The van der Waals surface area contributed by atoms with E-state index in [1.54, 1.807) is 6.20 Å². The molecular weight excluding hydrogens is 494 g/mol. The van der Waals surface area contributed by atoms with Gasteiger partial charge in [0.25, 0.3) is 0 Å². The normalized spacial score (nSPS) is 22.1. The number of nitrogens with one attached hydrogen (secondary N) is 1. The second-order valence-electron chi connectivity index (χ2n) is 11.3. The van der Waals surface area contributed by atoms with Crippen molar-refractivity contribution in [2.24, 2.45) is 11.3 Å². The van der Waals surface area contributed by atoms with Crippen molar-refractivity contribution < 1.29 is 14.3 Å². The van der Waals surface area contributed by atoms with Crippen LogP contribution in [-0.2, 0) is 9.53 Å². The maximum atomic E-state index is 12.1. The van der Waals surface area contributed by atoms with Crippen molar-refractivity contribution in [2.45, 2.75) is 39.2 Å². The number of aromatic amines is 1. The Labute approximate surface area is 227 Å². The van der Waals surface area contributed by atoms with Crippen LogP contribution in [-0.4, -0.2) is 76.5 Å². The van der Waals surface area contributed by atoms with Gasteiger partial charge in [0.2, 0.25) is 5.91 Å². The van der Waals surface area contributed by atoms with E-state index in [1.807, 2.05) is 24.0 Å². The van der Waals surface area contributed by atoms with Crippen LogP contribution in [0, 0.1) is 29.6 Å². The first kappa shape index (κ1) is 25.3. The van der Waals surface area contributed by atoms with Crippen molar-refractivity contribution in [1.29, 1.82) is 5.26 Å². The number of rotatable bonds is 6. The number of nitriles is 1. The molecule has 2 atom stereocenters. The lowest BCUT2D eigenvalue weighted by molar-refractivity contribution is -0.136. The SMILES string of the molecule is C=CC(=O)N1CC2(CCN(c3nc(OC[C@@H]4CC(C)CCO4)nc(-c4c(C)ccc5[nH]ncc45)c3C#N)C2)C1. The third kappa shape index (κ3) is 4.61. The fourth-order valence-corrected chi connectivity index (χ4v) is 6.22. The Bertz CT molecular complexity index is 1470. The topological polar surface area (TPSA) is 120 Å². The number of fused-ring (bicyclic) bond motifs is 1. The number of hydrogen-bond acceptors (Lipinski definition) is 8. The van der Waals surface area contributed by atoms with Gasteiger partial charge in [-0.3, -0.25) is 9.89 Å². The smallest absolute Gasteiger partial charge is 0.319 e. The molecule has 1 unspecified atom stereocenters. The molecule has 202 valence electrons. The average molecular weight is 528 g/mol. The quantitative estimate of drug-likeness (QED) is 0.483. The van der Waals surface area contributed by atoms with E-state index in [9.17, 15) is 10.1 Å². The third-order valence-corrected chi connectivity index (χ3v) is 8.35. The molecule has 1 N–H and O–H groups in total. The van der Waals surface area contributed by atoms with Crippen molar-refractivity contribution in [3.63, 3.8) is 0 Å². The molecule has 3 fully saturated rings. The number of amides is 1. The number of benzene rings is 1. The van der Waals surface area contributed by atoms with Crippen molar-refractivity contribution in [3.05, 3.63) is 42.1 Å². The number of hydrogen-bond donors (Lipinski definition) is 1. The summed E-state index contributed by atoms with van der Waals surface area (Å²) in [4.78, 5) is 25.6. The predicted octanol–water partition coefficient (Wildman–Crippen LogP) is 3.62. The third-order valence-electron chi connectivity index (χ3n) is 8.35. The minimum atomic E-state index is -0.0419. The van der Waals surface area contributed by atoms with E-state index in [-0.39, 0.29) is 23.4 Å².